The van der Waals surface area contributed by atoms with Crippen molar-refractivity contribution in [1.29, 1.82) is 0 Å². The molecule has 10 heteroatoms. The maximum absolute atomic E-state index is 11.9. The maximum atomic E-state index is 11.9. The fourth-order valence-corrected chi connectivity index (χ4v) is 2.35. The number of hydrogen-bond donors (Lipinski definition) is 4. The van der Waals surface area contributed by atoms with E-state index in [1.807, 2.05) is 0 Å². The predicted molar refractivity (Wildman–Crippen MR) is 72.3 cm³/mol. The van der Waals surface area contributed by atoms with Crippen LogP contribution in [0, 0.1) is 0 Å². The van der Waals surface area contributed by atoms with Crippen LogP contribution >= 0.6 is 0 Å². The number of carboxylic acid groups (broad SMARTS) is 1. The lowest BCUT2D eigenvalue weighted by Crippen LogP contribution is -2.37. The summed E-state index contributed by atoms with van der Waals surface area (Å²) in [4.78, 5) is 20.7. The van der Waals surface area contributed by atoms with E-state index in [2.05, 4.69) is 10.0 Å². The Kier molecular flexibility index (Phi) is 5.93. The lowest BCUT2D eigenvalue weighted by Gasteiger charge is -2.08. The van der Waals surface area contributed by atoms with E-state index >= 15 is 0 Å². The zero-order valence-corrected chi connectivity index (χ0v) is 11.7. The van der Waals surface area contributed by atoms with Gasteiger partial charge in [0.25, 0.3) is 0 Å². The molecule has 0 radical (unpaired) electrons. The second-order valence-corrected chi connectivity index (χ2v) is 5.61. The Bertz CT molecular complexity index is 599. The third kappa shape index (κ3) is 6.10. The second-order valence-electron chi connectivity index (χ2n) is 3.84. The highest BCUT2D eigenvalue weighted by molar-refractivity contribution is 7.89. The molecule has 0 aliphatic carbocycles. The molecule has 0 heterocycles. The highest BCUT2D eigenvalue weighted by Gasteiger charge is 2.13. The van der Waals surface area contributed by atoms with Crippen LogP contribution in [0.1, 0.15) is 0 Å². The summed E-state index contributed by atoms with van der Waals surface area (Å²) in [7, 11) is -3.72. The van der Waals surface area contributed by atoms with Crippen LogP contribution in [-0.2, 0) is 14.8 Å². The van der Waals surface area contributed by atoms with E-state index in [0.29, 0.717) is 0 Å². The van der Waals surface area contributed by atoms with Gasteiger partial charge in [-0.25, -0.2) is 22.7 Å². The number of carbonyl (C=O) groups excluding carboxylic acids is 1. The number of benzene rings is 1. The molecule has 1 aromatic carbocycles. The van der Waals surface area contributed by atoms with Crippen LogP contribution in [0.25, 0.3) is 0 Å². The first-order valence-electron chi connectivity index (χ1n) is 5.79. The molecule has 0 saturated carbocycles. The number of nitrogens with one attached hydrogen (secondary N) is 2. The normalized spacial score (nSPS) is 10.9. The quantitative estimate of drug-likeness (QED) is 0.456. The summed E-state index contributed by atoms with van der Waals surface area (Å²) < 4.78 is 30.9. The molecule has 21 heavy (non-hydrogen) atoms. The minimum atomic E-state index is -3.72. The molecule has 1 rings (SSSR count). The number of sulfonamides is 1. The molecule has 1 aromatic rings. The number of rotatable bonds is 8. The smallest absolute Gasteiger partial charge is 0.341 e. The van der Waals surface area contributed by atoms with Crippen molar-refractivity contribution in [2.45, 2.75) is 4.90 Å². The fourth-order valence-electron chi connectivity index (χ4n) is 1.31. The highest BCUT2D eigenvalue weighted by Crippen LogP contribution is 2.15. The van der Waals surface area contributed by atoms with Crippen LogP contribution < -0.4 is 20.5 Å². The Morgan fingerprint density at radius 1 is 1.19 bits per heavy atom. The largest absolute Gasteiger partial charge is 0.482 e. The summed E-state index contributed by atoms with van der Waals surface area (Å²) >= 11 is 0. The van der Waals surface area contributed by atoms with Crippen molar-refractivity contribution in [3.8, 4) is 5.75 Å². The first-order valence-corrected chi connectivity index (χ1v) is 7.27. The zero-order valence-electron chi connectivity index (χ0n) is 10.9. The van der Waals surface area contributed by atoms with E-state index in [4.69, 9.17) is 15.6 Å². The number of urea groups is 1. The number of hydrogen-bond acceptors (Lipinski definition) is 5. The van der Waals surface area contributed by atoms with Crippen LogP contribution in [0.3, 0.4) is 0 Å². The average Bonchev–Trinajstić information content (AvgIpc) is 2.41. The van der Waals surface area contributed by atoms with Gasteiger partial charge < -0.3 is 20.9 Å². The van der Waals surface area contributed by atoms with Gasteiger partial charge in [0.2, 0.25) is 10.0 Å². The molecule has 5 N–H and O–H groups in total. The van der Waals surface area contributed by atoms with Crippen LogP contribution in [0.15, 0.2) is 29.2 Å². The van der Waals surface area contributed by atoms with Gasteiger partial charge in [0.1, 0.15) is 5.75 Å². The van der Waals surface area contributed by atoms with Crippen LogP contribution in [-0.4, -0.2) is 45.2 Å². The van der Waals surface area contributed by atoms with Gasteiger partial charge >= 0.3 is 12.0 Å². The summed E-state index contributed by atoms with van der Waals surface area (Å²) in [6, 6.07) is 4.51. The molecule has 0 fully saturated rings. The molecule has 0 aliphatic heterocycles. The van der Waals surface area contributed by atoms with Crippen LogP contribution in [0.2, 0.25) is 0 Å². The van der Waals surface area contributed by atoms with Crippen molar-refractivity contribution in [3.05, 3.63) is 24.3 Å². The first kappa shape index (κ1) is 16.7. The average molecular weight is 317 g/mol. The van der Waals surface area contributed by atoms with Crippen LogP contribution in [0.5, 0.6) is 5.75 Å². The molecular weight excluding hydrogens is 302 g/mol. The van der Waals surface area contributed by atoms with E-state index in [1.165, 1.54) is 24.3 Å². The highest BCUT2D eigenvalue weighted by atomic mass is 32.2. The van der Waals surface area contributed by atoms with E-state index < -0.39 is 28.6 Å². The molecule has 116 valence electrons. The molecule has 2 amide bonds. The van der Waals surface area contributed by atoms with Gasteiger partial charge in [-0.2, -0.15) is 0 Å². The Morgan fingerprint density at radius 2 is 1.81 bits per heavy atom. The third-order valence-electron chi connectivity index (χ3n) is 2.21. The molecular formula is C11H15N3O6S. The van der Waals surface area contributed by atoms with Crippen molar-refractivity contribution < 1.29 is 27.9 Å². The Morgan fingerprint density at radius 3 is 2.33 bits per heavy atom. The number of carbonyl (C=O) groups is 2. The number of carboxylic acids is 1. The van der Waals surface area contributed by atoms with Gasteiger partial charge in [0.05, 0.1) is 4.90 Å². The first-order chi connectivity index (χ1) is 9.81. The lowest BCUT2D eigenvalue weighted by atomic mass is 10.3. The molecule has 0 atom stereocenters. The van der Waals surface area contributed by atoms with E-state index in [0.717, 1.165) is 0 Å². The van der Waals surface area contributed by atoms with Gasteiger partial charge in [0, 0.05) is 13.1 Å². The van der Waals surface area contributed by atoms with Crippen molar-refractivity contribution in [1.82, 2.24) is 10.0 Å². The fraction of sp³-hybridized carbons (Fsp3) is 0.273. The standard InChI is InChI=1S/C11H15N3O6S/c12-11(17)13-5-6-14-21(18,19)9-3-1-8(2-4-9)20-7-10(15)16/h1-4,14H,5-7H2,(H,15,16)(H3,12,13,17). The van der Waals surface area contributed by atoms with Gasteiger partial charge in [-0.15, -0.1) is 0 Å². The van der Waals surface area contributed by atoms with Gasteiger partial charge in [-0.05, 0) is 24.3 Å². The minimum absolute atomic E-state index is 0.00995. The topological polar surface area (TPSA) is 148 Å². The van der Waals surface area contributed by atoms with Crippen molar-refractivity contribution in [2.24, 2.45) is 5.73 Å². The molecule has 0 spiro atoms. The van der Waals surface area contributed by atoms with Crippen molar-refractivity contribution in [3.63, 3.8) is 0 Å². The SMILES string of the molecule is NC(=O)NCCNS(=O)(=O)c1ccc(OCC(=O)O)cc1. The van der Waals surface area contributed by atoms with Gasteiger partial charge in [-0.3, -0.25) is 0 Å². The Labute approximate surface area is 121 Å². The monoisotopic (exact) mass is 317 g/mol. The van der Waals surface area contributed by atoms with Crippen LogP contribution in [0.4, 0.5) is 4.79 Å². The molecule has 0 aromatic heterocycles. The van der Waals surface area contributed by atoms with E-state index in [1.54, 1.807) is 0 Å². The summed E-state index contributed by atoms with van der Waals surface area (Å²) in [5.41, 5.74) is 4.84. The number of primary amides is 1. The molecule has 9 nitrogen and oxygen atoms in total. The summed E-state index contributed by atoms with van der Waals surface area (Å²) in [6.07, 6.45) is 0. The molecule has 0 saturated heterocycles. The summed E-state index contributed by atoms with van der Waals surface area (Å²) in [5, 5.41) is 10.7. The maximum Gasteiger partial charge on any atom is 0.341 e. The molecule has 0 bridgehead atoms. The van der Waals surface area contributed by atoms with Gasteiger partial charge in [-0.1, -0.05) is 0 Å². The van der Waals surface area contributed by atoms with E-state index in [-0.39, 0.29) is 23.7 Å². The predicted octanol–water partition coefficient (Wildman–Crippen LogP) is -0.903. The minimum Gasteiger partial charge on any atom is -0.482 e. The summed E-state index contributed by atoms with van der Waals surface area (Å²) in [5.74, 6) is -0.887. The van der Waals surface area contributed by atoms with E-state index in [9.17, 15) is 18.0 Å². The second kappa shape index (κ2) is 7.45. The number of nitrogens with two attached hydrogens (primary N) is 1. The summed E-state index contributed by atoms with van der Waals surface area (Å²) in [6.45, 7) is -0.458. The third-order valence-corrected chi connectivity index (χ3v) is 3.69. The Hall–Kier alpha value is -2.33. The molecule has 0 aliphatic rings. The number of amides is 2. The number of aliphatic carboxylic acids is 1. The van der Waals surface area contributed by atoms with Crippen molar-refractivity contribution >= 4 is 22.0 Å². The number of ether oxygens (including phenoxy) is 1. The van der Waals surface area contributed by atoms with Gasteiger partial charge in [0.15, 0.2) is 6.61 Å². The Balaban J connectivity index is 2.58. The molecule has 0 unspecified atom stereocenters. The van der Waals surface area contributed by atoms with Crippen molar-refractivity contribution in [2.75, 3.05) is 19.7 Å². The lowest BCUT2D eigenvalue weighted by molar-refractivity contribution is -0.139. The zero-order chi connectivity index (χ0) is 15.9.